The minimum absolute atomic E-state index is 0.0980. The Morgan fingerprint density at radius 3 is 3.00 bits per heavy atom. The molecule has 0 saturated carbocycles. The summed E-state index contributed by atoms with van der Waals surface area (Å²) in [5, 5.41) is 10.5. The molecule has 1 aliphatic rings. The van der Waals surface area contributed by atoms with Crippen LogP contribution >= 0.6 is 0 Å². The molecule has 4 rings (SSSR count). The Hall–Kier alpha value is -4.36. The number of methoxy groups -OCH3 is 1. The van der Waals surface area contributed by atoms with Crippen LogP contribution in [0.2, 0.25) is 0 Å². The summed E-state index contributed by atoms with van der Waals surface area (Å²) in [7, 11) is 1.35. The highest BCUT2D eigenvalue weighted by molar-refractivity contribution is 5.77. The summed E-state index contributed by atoms with van der Waals surface area (Å²) >= 11 is 0. The number of amides is 1. The normalized spacial score (nSPS) is 17.7. The number of carbonyl (C=O) groups is 2. The van der Waals surface area contributed by atoms with E-state index in [-0.39, 0.29) is 18.6 Å². The van der Waals surface area contributed by atoms with Crippen molar-refractivity contribution in [3.8, 4) is 12.3 Å². The molecule has 2 atom stereocenters. The number of piperidine rings is 1. The largest absolute Gasteiger partial charge is 0.469 e. The molecule has 0 bridgehead atoms. The first kappa shape index (κ1) is 24.8. The molecule has 0 aliphatic carbocycles. The molecule has 1 amide bonds. The van der Waals surface area contributed by atoms with Crippen LogP contribution in [-0.4, -0.2) is 64.4 Å². The molecule has 1 aliphatic heterocycles. The second-order valence-corrected chi connectivity index (χ2v) is 8.38. The van der Waals surface area contributed by atoms with E-state index >= 15 is 0 Å². The van der Waals surface area contributed by atoms with E-state index in [1.54, 1.807) is 4.52 Å². The fraction of sp³-hybridized carbons (Fsp3) is 0.308. The van der Waals surface area contributed by atoms with E-state index in [1.165, 1.54) is 19.5 Å². The molecule has 186 valence electrons. The van der Waals surface area contributed by atoms with Gasteiger partial charge in [-0.3, -0.25) is 9.69 Å². The van der Waals surface area contributed by atoms with Crippen LogP contribution in [0.5, 0.6) is 0 Å². The van der Waals surface area contributed by atoms with Gasteiger partial charge in [-0.25, -0.2) is 14.3 Å². The quantitative estimate of drug-likeness (QED) is 0.283. The molecular weight excluding hydrogens is 460 g/mol. The van der Waals surface area contributed by atoms with Crippen molar-refractivity contribution >= 4 is 29.1 Å². The number of hydrogen-bond donors (Lipinski definition) is 2. The maximum absolute atomic E-state index is 12.5. The number of benzene rings is 1. The van der Waals surface area contributed by atoms with Crippen LogP contribution in [0.25, 0.3) is 5.52 Å². The minimum atomic E-state index is -0.581. The van der Waals surface area contributed by atoms with Gasteiger partial charge in [0.05, 0.1) is 13.0 Å². The number of aromatic nitrogens is 3. The highest BCUT2D eigenvalue weighted by Gasteiger charge is 2.36. The van der Waals surface area contributed by atoms with Gasteiger partial charge in [-0.2, -0.15) is 5.10 Å². The van der Waals surface area contributed by atoms with Gasteiger partial charge < -0.3 is 20.1 Å². The fourth-order valence-corrected chi connectivity index (χ4v) is 4.36. The zero-order valence-electron chi connectivity index (χ0n) is 20.0. The molecule has 0 radical (unpaired) electrons. The fourth-order valence-electron chi connectivity index (χ4n) is 4.36. The SMILES string of the molecule is C#Cc1cccc(Nc2ncnn3ccc(CN4CC[C@@H](NC(=O)OCC=C)C(C(=O)OC)C4)c23)c1. The second-order valence-electron chi connectivity index (χ2n) is 8.38. The zero-order valence-corrected chi connectivity index (χ0v) is 20.0. The number of anilines is 2. The molecule has 10 heteroatoms. The van der Waals surface area contributed by atoms with Crippen LogP contribution in [0.3, 0.4) is 0 Å². The molecule has 3 aromatic rings. The van der Waals surface area contributed by atoms with E-state index in [1.807, 2.05) is 36.5 Å². The van der Waals surface area contributed by atoms with Crippen molar-refractivity contribution in [2.75, 3.05) is 32.1 Å². The van der Waals surface area contributed by atoms with Crippen LogP contribution in [0.1, 0.15) is 17.5 Å². The second kappa shape index (κ2) is 11.4. The molecule has 1 saturated heterocycles. The molecule has 0 spiro atoms. The van der Waals surface area contributed by atoms with Crippen molar-refractivity contribution in [3.63, 3.8) is 0 Å². The molecule has 1 fully saturated rings. The monoisotopic (exact) mass is 488 g/mol. The lowest BCUT2D eigenvalue weighted by atomic mass is 9.92. The summed E-state index contributed by atoms with van der Waals surface area (Å²) in [4.78, 5) is 31.2. The Labute approximate surface area is 209 Å². The maximum atomic E-state index is 12.5. The number of fused-ring (bicyclic) bond motifs is 1. The van der Waals surface area contributed by atoms with Gasteiger partial charge in [0, 0.05) is 43.1 Å². The molecule has 2 N–H and O–H groups in total. The van der Waals surface area contributed by atoms with Gasteiger partial charge >= 0.3 is 12.1 Å². The number of carbonyl (C=O) groups excluding carboxylic acids is 2. The summed E-state index contributed by atoms with van der Waals surface area (Å²) in [5.41, 5.74) is 3.40. The van der Waals surface area contributed by atoms with Crippen molar-refractivity contribution in [2.45, 2.75) is 19.0 Å². The Bertz CT molecular complexity index is 1300. The van der Waals surface area contributed by atoms with Gasteiger partial charge in [0.25, 0.3) is 0 Å². The van der Waals surface area contributed by atoms with Crippen molar-refractivity contribution in [1.82, 2.24) is 24.8 Å². The van der Waals surface area contributed by atoms with Gasteiger partial charge in [0.2, 0.25) is 0 Å². The first-order valence-corrected chi connectivity index (χ1v) is 11.5. The molecule has 36 heavy (non-hydrogen) atoms. The van der Waals surface area contributed by atoms with Crippen molar-refractivity contribution in [1.29, 1.82) is 0 Å². The average molecular weight is 489 g/mol. The predicted octanol–water partition coefficient (Wildman–Crippen LogP) is 2.73. The van der Waals surface area contributed by atoms with E-state index in [9.17, 15) is 9.59 Å². The molecule has 3 heterocycles. The topological polar surface area (TPSA) is 110 Å². The van der Waals surface area contributed by atoms with Crippen molar-refractivity contribution in [3.05, 3.63) is 66.6 Å². The summed E-state index contributed by atoms with van der Waals surface area (Å²) in [6, 6.07) is 9.13. The van der Waals surface area contributed by atoms with E-state index in [2.05, 4.69) is 38.1 Å². The van der Waals surface area contributed by atoms with Crippen LogP contribution in [0, 0.1) is 18.3 Å². The van der Waals surface area contributed by atoms with Gasteiger partial charge in [0.1, 0.15) is 18.5 Å². The standard InChI is InChI=1S/C26H28N6O4/c1-4-13-36-26(34)30-22-10-11-31(16-21(22)25(33)35-3)15-19-9-12-32-23(19)24(27-17-28-32)29-20-8-6-7-18(5-2)14-20/h2,4,6-9,12,14,17,21-22H,1,10-11,13,15-16H2,3H3,(H,30,34)(H,27,28,29)/t21?,22-/m1/s1. The van der Waals surface area contributed by atoms with Crippen LogP contribution in [-0.2, 0) is 20.8 Å². The lowest BCUT2D eigenvalue weighted by Crippen LogP contribution is -2.53. The molecule has 1 aromatic carbocycles. The lowest BCUT2D eigenvalue weighted by molar-refractivity contribution is -0.148. The van der Waals surface area contributed by atoms with E-state index in [4.69, 9.17) is 15.9 Å². The van der Waals surface area contributed by atoms with Crippen LogP contribution < -0.4 is 10.6 Å². The number of hydrogen-bond acceptors (Lipinski definition) is 8. The molecular formula is C26H28N6O4. The summed E-state index contributed by atoms with van der Waals surface area (Å²) < 4.78 is 11.8. The predicted molar refractivity (Wildman–Crippen MR) is 135 cm³/mol. The third-order valence-electron chi connectivity index (χ3n) is 6.06. The number of nitrogens with one attached hydrogen (secondary N) is 2. The number of ether oxygens (including phenoxy) is 2. The smallest absolute Gasteiger partial charge is 0.407 e. The highest BCUT2D eigenvalue weighted by Crippen LogP contribution is 2.27. The lowest BCUT2D eigenvalue weighted by Gasteiger charge is -2.37. The Morgan fingerprint density at radius 2 is 2.22 bits per heavy atom. The minimum Gasteiger partial charge on any atom is -0.469 e. The summed E-state index contributed by atoms with van der Waals surface area (Å²) in [6.45, 7) is 5.27. The Kier molecular flexibility index (Phi) is 7.82. The summed E-state index contributed by atoms with van der Waals surface area (Å²) in [6.07, 6.45) is 10.4. The molecule has 10 nitrogen and oxygen atoms in total. The van der Waals surface area contributed by atoms with Crippen LogP contribution in [0.4, 0.5) is 16.3 Å². The van der Waals surface area contributed by atoms with Crippen molar-refractivity contribution in [2.24, 2.45) is 5.92 Å². The maximum Gasteiger partial charge on any atom is 0.407 e. The van der Waals surface area contributed by atoms with Gasteiger partial charge in [-0.05, 0) is 36.2 Å². The zero-order chi connectivity index (χ0) is 25.5. The molecule has 2 aromatic heterocycles. The number of nitrogens with zero attached hydrogens (tertiary/aromatic N) is 4. The summed E-state index contributed by atoms with van der Waals surface area (Å²) in [5.74, 6) is 2.36. The molecule has 1 unspecified atom stereocenters. The number of alkyl carbamates (subject to hydrolysis) is 1. The van der Waals surface area contributed by atoms with E-state index in [0.29, 0.717) is 31.9 Å². The number of likely N-dealkylation sites (tertiary alicyclic amines) is 1. The van der Waals surface area contributed by atoms with Gasteiger partial charge in [0.15, 0.2) is 5.82 Å². The van der Waals surface area contributed by atoms with Crippen molar-refractivity contribution < 1.29 is 19.1 Å². The average Bonchev–Trinajstić information content (AvgIpc) is 3.31. The number of esters is 1. The number of terminal acetylenes is 1. The van der Waals surface area contributed by atoms with E-state index < -0.39 is 12.0 Å². The highest BCUT2D eigenvalue weighted by atomic mass is 16.5. The Balaban J connectivity index is 1.52. The third kappa shape index (κ3) is 5.64. The third-order valence-corrected chi connectivity index (χ3v) is 6.06. The van der Waals surface area contributed by atoms with Gasteiger partial charge in [-0.1, -0.05) is 24.6 Å². The van der Waals surface area contributed by atoms with Gasteiger partial charge in [-0.15, -0.1) is 6.42 Å². The number of rotatable bonds is 8. The van der Waals surface area contributed by atoms with Crippen LogP contribution in [0.15, 0.2) is 55.5 Å². The first-order chi connectivity index (χ1) is 17.5. The van der Waals surface area contributed by atoms with E-state index in [0.717, 1.165) is 22.3 Å². The Morgan fingerprint density at radius 1 is 1.36 bits per heavy atom. The first-order valence-electron chi connectivity index (χ1n) is 11.5.